The van der Waals surface area contributed by atoms with Crippen molar-refractivity contribution in [2.24, 2.45) is 11.8 Å². The summed E-state index contributed by atoms with van der Waals surface area (Å²) in [5.41, 5.74) is 0.826. The second-order valence-electron chi connectivity index (χ2n) is 8.98. The van der Waals surface area contributed by atoms with Crippen molar-refractivity contribution >= 4 is 5.97 Å². The van der Waals surface area contributed by atoms with E-state index in [4.69, 9.17) is 24.1 Å². The topological polar surface area (TPSA) is 74.2 Å². The second-order valence-corrected chi connectivity index (χ2v) is 8.98. The molecule has 4 rings (SSSR count). The van der Waals surface area contributed by atoms with Gasteiger partial charge in [-0.3, -0.25) is 0 Å². The molecule has 0 amide bonds. The molecular formula is C27H30F2O6. The highest BCUT2D eigenvalue weighted by molar-refractivity contribution is 5.68. The zero-order valence-corrected chi connectivity index (χ0v) is 19.4. The molecule has 2 aromatic carbocycles. The number of rotatable bonds is 13. The Morgan fingerprint density at radius 2 is 1.74 bits per heavy atom. The molecule has 2 fully saturated rings. The summed E-state index contributed by atoms with van der Waals surface area (Å²) < 4.78 is 49.4. The van der Waals surface area contributed by atoms with Gasteiger partial charge in [-0.2, -0.15) is 0 Å². The Hall–Kier alpha value is -2.81. The van der Waals surface area contributed by atoms with Gasteiger partial charge in [-0.25, -0.2) is 13.6 Å². The van der Waals surface area contributed by atoms with Crippen LogP contribution in [-0.2, 0) is 24.4 Å². The van der Waals surface area contributed by atoms with Gasteiger partial charge in [0.2, 0.25) is 0 Å². The quantitative estimate of drug-likeness (QED) is 0.333. The molecule has 1 aliphatic carbocycles. The molecule has 4 atom stereocenters. The standard InChI is InChI=1S/C27H30F2O6/c28-20-6-4-19(5-7-20)27-15-25(35-18-27)23(24(27)3-1-2-12-32-17-26(30)31)16-33-13-14-34-22-10-8-21(29)9-11-22/h1-2,4-11,23-25H,3,12-18H2,(H,30,31)/b2-1+/t23-,24-,25-,27-/m0/s1. The number of halogens is 2. The first-order valence-corrected chi connectivity index (χ1v) is 11.8. The highest BCUT2D eigenvalue weighted by atomic mass is 19.1. The van der Waals surface area contributed by atoms with E-state index in [1.165, 1.54) is 24.3 Å². The summed E-state index contributed by atoms with van der Waals surface area (Å²) in [4.78, 5) is 10.6. The molecular weight excluding hydrogens is 458 g/mol. The van der Waals surface area contributed by atoms with Crippen molar-refractivity contribution in [3.8, 4) is 5.75 Å². The van der Waals surface area contributed by atoms with E-state index in [0.717, 1.165) is 18.4 Å². The molecule has 8 heteroatoms. The zero-order chi connectivity index (χ0) is 24.7. The van der Waals surface area contributed by atoms with Crippen molar-refractivity contribution < 1.29 is 37.6 Å². The Balaban J connectivity index is 1.37. The molecule has 1 saturated carbocycles. The third-order valence-corrected chi connectivity index (χ3v) is 6.86. The van der Waals surface area contributed by atoms with Gasteiger partial charge in [0, 0.05) is 11.3 Å². The molecule has 0 radical (unpaired) electrons. The third-order valence-electron chi connectivity index (χ3n) is 6.86. The summed E-state index contributed by atoms with van der Waals surface area (Å²) in [5.74, 6) is -0.647. The van der Waals surface area contributed by atoms with Crippen molar-refractivity contribution in [2.75, 3.05) is 39.6 Å². The lowest BCUT2D eigenvalue weighted by atomic mass is 9.69. The SMILES string of the molecule is O=C(O)COC/C=C/C[C@H]1[C@H](COCCOc2ccc(F)cc2)[C@@H]2C[C@@]1(c1ccc(F)cc1)CO2. The number of carboxylic acid groups (broad SMARTS) is 1. The van der Waals surface area contributed by atoms with E-state index in [9.17, 15) is 13.6 Å². The van der Waals surface area contributed by atoms with E-state index in [0.29, 0.717) is 32.2 Å². The van der Waals surface area contributed by atoms with E-state index in [2.05, 4.69) is 0 Å². The number of hydrogen-bond donors (Lipinski definition) is 1. The van der Waals surface area contributed by atoms with E-state index in [1.54, 1.807) is 12.1 Å². The average molecular weight is 489 g/mol. The van der Waals surface area contributed by atoms with Crippen molar-refractivity contribution in [2.45, 2.75) is 24.4 Å². The lowest BCUT2D eigenvalue weighted by molar-refractivity contribution is -0.141. The number of carbonyl (C=O) groups is 1. The Kier molecular flexibility index (Phi) is 8.49. The number of carboxylic acids is 1. The van der Waals surface area contributed by atoms with Crippen molar-refractivity contribution in [1.82, 2.24) is 0 Å². The van der Waals surface area contributed by atoms with Crippen LogP contribution in [0.2, 0.25) is 0 Å². The van der Waals surface area contributed by atoms with Gasteiger partial charge in [-0.1, -0.05) is 24.3 Å². The van der Waals surface area contributed by atoms with Crippen LogP contribution in [0.25, 0.3) is 0 Å². The lowest BCUT2D eigenvalue weighted by Crippen LogP contribution is -2.41. The summed E-state index contributed by atoms with van der Waals surface area (Å²) in [6, 6.07) is 12.5. The van der Waals surface area contributed by atoms with Gasteiger partial charge >= 0.3 is 5.97 Å². The summed E-state index contributed by atoms with van der Waals surface area (Å²) in [6.45, 7) is 1.69. The monoisotopic (exact) mass is 488 g/mol. The fraction of sp³-hybridized carbons (Fsp3) is 0.444. The zero-order valence-electron chi connectivity index (χ0n) is 19.4. The Bertz CT molecular complexity index is 994. The summed E-state index contributed by atoms with van der Waals surface area (Å²) in [6.07, 6.45) is 5.48. The van der Waals surface area contributed by atoms with Crippen LogP contribution in [0.4, 0.5) is 8.78 Å². The fourth-order valence-electron chi connectivity index (χ4n) is 5.25. The first kappa shape index (κ1) is 25.3. The second kappa shape index (κ2) is 11.7. The fourth-order valence-corrected chi connectivity index (χ4v) is 5.25. The molecule has 0 spiro atoms. The van der Waals surface area contributed by atoms with E-state index < -0.39 is 5.97 Å². The first-order valence-electron chi connectivity index (χ1n) is 11.8. The molecule has 2 aliphatic rings. The number of aliphatic carboxylic acids is 1. The third kappa shape index (κ3) is 6.25. The van der Waals surface area contributed by atoms with Crippen LogP contribution in [0.1, 0.15) is 18.4 Å². The maximum absolute atomic E-state index is 13.6. The molecule has 0 unspecified atom stereocenters. The summed E-state index contributed by atoms with van der Waals surface area (Å²) in [7, 11) is 0. The van der Waals surface area contributed by atoms with E-state index in [-0.39, 0.29) is 48.2 Å². The molecule has 0 aromatic heterocycles. The van der Waals surface area contributed by atoms with Crippen LogP contribution in [0, 0.1) is 23.5 Å². The molecule has 1 aliphatic heterocycles. The molecule has 35 heavy (non-hydrogen) atoms. The van der Waals surface area contributed by atoms with Crippen molar-refractivity contribution in [1.29, 1.82) is 0 Å². The van der Waals surface area contributed by atoms with E-state index in [1.807, 2.05) is 24.3 Å². The highest BCUT2D eigenvalue weighted by Crippen LogP contribution is 2.56. The van der Waals surface area contributed by atoms with Gasteiger partial charge in [0.1, 0.15) is 30.6 Å². The number of hydrogen-bond acceptors (Lipinski definition) is 5. The van der Waals surface area contributed by atoms with Crippen LogP contribution in [0.15, 0.2) is 60.7 Å². The number of ether oxygens (including phenoxy) is 4. The highest BCUT2D eigenvalue weighted by Gasteiger charge is 2.59. The average Bonchev–Trinajstić information content (AvgIpc) is 3.41. The Labute approximate surface area is 203 Å². The maximum atomic E-state index is 13.6. The van der Waals surface area contributed by atoms with Crippen molar-refractivity contribution in [3.63, 3.8) is 0 Å². The van der Waals surface area contributed by atoms with Gasteiger partial charge in [-0.15, -0.1) is 0 Å². The van der Waals surface area contributed by atoms with Gasteiger partial charge in [0.05, 0.1) is 32.5 Å². The number of allylic oxidation sites excluding steroid dienone is 1. The maximum Gasteiger partial charge on any atom is 0.329 e. The van der Waals surface area contributed by atoms with Crippen molar-refractivity contribution in [3.05, 3.63) is 77.9 Å². The first-order chi connectivity index (χ1) is 17.0. The molecule has 188 valence electrons. The summed E-state index contributed by atoms with van der Waals surface area (Å²) >= 11 is 0. The van der Waals surface area contributed by atoms with E-state index >= 15 is 0 Å². The molecule has 1 N–H and O–H groups in total. The molecule has 2 aromatic rings. The largest absolute Gasteiger partial charge is 0.491 e. The number of fused-ring (bicyclic) bond motifs is 2. The minimum Gasteiger partial charge on any atom is -0.491 e. The minimum atomic E-state index is -1.00. The number of benzene rings is 2. The predicted octanol–water partition coefficient (Wildman–Crippen LogP) is 4.38. The smallest absolute Gasteiger partial charge is 0.329 e. The van der Waals surface area contributed by atoms with Crippen LogP contribution < -0.4 is 4.74 Å². The summed E-state index contributed by atoms with van der Waals surface area (Å²) in [5, 5.41) is 8.70. The molecule has 1 saturated heterocycles. The Morgan fingerprint density at radius 1 is 1.03 bits per heavy atom. The molecule has 6 nitrogen and oxygen atoms in total. The minimum absolute atomic E-state index is 0.0414. The van der Waals surface area contributed by atoms with Gasteiger partial charge in [0.15, 0.2) is 0 Å². The van der Waals surface area contributed by atoms with Crippen LogP contribution >= 0.6 is 0 Å². The van der Waals surface area contributed by atoms with Gasteiger partial charge in [-0.05, 0) is 60.7 Å². The molecule has 2 bridgehead atoms. The van der Waals surface area contributed by atoms with Gasteiger partial charge in [0.25, 0.3) is 0 Å². The lowest BCUT2D eigenvalue weighted by Gasteiger charge is -2.39. The van der Waals surface area contributed by atoms with Crippen LogP contribution in [-0.4, -0.2) is 56.8 Å². The van der Waals surface area contributed by atoms with Crippen LogP contribution in [0.3, 0.4) is 0 Å². The normalized spacial score (nSPS) is 25.4. The van der Waals surface area contributed by atoms with Gasteiger partial charge < -0.3 is 24.1 Å². The van der Waals surface area contributed by atoms with Crippen LogP contribution in [0.5, 0.6) is 5.75 Å². The molecule has 1 heterocycles. The predicted molar refractivity (Wildman–Crippen MR) is 124 cm³/mol. The Morgan fingerprint density at radius 3 is 2.46 bits per heavy atom.